The van der Waals surface area contributed by atoms with Crippen molar-refractivity contribution in [2.75, 3.05) is 6.54 Å². The van der Waals surface area contributed by atoms with Crippen LogP contribution in [0.4, 0.5) is 0 Å². The van der Waals surface area contributed by atoms with Crippen molar-refractivity contribution in [2.24, 2.45) is 7.05 Å². The zero-order valence-electron chi connectivity index (χ0n) is 12.1. The van der Waals surface area contributed by atoms with Crippen LogP contribution in [0.5, 0.6) is 0 Å². The van der Waals surface area contributed by atoms with Gasteiger partial charge in [-0.2, -0.15) is 0 Å². The standard InChI is InChI=1S/C15H21N5/c1-3-7-17-12-5-4-6-13-11(12)8-18-15(19-13)14-9-16-10-20(14)2/h8-10,12,17H,3-7H2,1-2H3. The Balaban J connectivity index is 1.91. The van der Waals surface area contributed by atoms with Gasteiger partial charge in [0, 0.05) is 30.5 Å². The van der Waals surface area contributed by atoms with Crippen molar-refractivity contribution in [2.45, 2.75) is 38.6 Å². The Morgan fingerprint density at radius 3 is 3.05 bits per heavy atom. The van der Waals surface area contributed by atoms with E-state index in [0.29, 0.717) is 6.04 Å². The summed E-state index contributed by atoms with van der Waals surface area (Å²) in [7, 11) is 1.97. The highest BCUT2D eigenvalue weighted by atomic mass is 15.1. The van der Waals surface area contributed by atoms with Gasteiger partial charge in [0.05, 0.1) is 12.5 Å². The van der Waals surface area contributed by atoms with Crippen LogP contribution in [0.25, 0.3) is 11.5 Å². The van der Waals surface area contributed by atoms with Gasteiger partial charge < -0.3 is 9.88 Å². The first-order chi connectivity index (χ1) is 9.79. The van der Waals surface area contributed by atoms with Gasteiger partial charge in [-0.05, 0) is 32.2 Å². The number of hydrogen-bond acceptors (Lipinski definition) is 4. The van der Waals surface area contributed by atoms with E-state index in [1.165, 1.54) is 24.1 Å². The van der Waals surface area contributed by atoms with E-state index in [-0.39, 0.29) is 0 Å². The minimum atomic E-state index is 0.416. The van der Waals surface area contributed by atoms with E-state index in [4.69, 9.17) is 4.98 Å². The van der Waals surface area contributed by atoms with E-state index in [2.05, 4.69) is 22.2 Å². The highest BCUT2D eigenvalue weighted by Gasteiger charge is 2.22. The average molecular weight is 271 g/mol. The summed E-state index contributed by atoms with van der Waals surface area (Å²) >= 11 is 0. The van der Waals surface area contributed by atoms with E-state index in [1.807, 2.05) is 24.0 Å². The number of aryl methyl sites for hydroxylation is 2. The molecule has 0 radical (unpaired) electrons. The zero-order chi connectivity index (χ0) is 13.9. The maximum atomic E-state index is 4.76. The maximum absolute atomic E-state index is 4.76. The Bertz CT molecular complexity index is 590. The summed E-state index contributed by atoms with van der Waals surface area (Å²) in [4.78, 5) is 13.4. The van der Waals surface area contributed by atoms with Crippen molar-refractivity contribution in [3.63, 3.8) is 0 Å². The number of aromatic nitrogens is 4. The highest BCUT2D eigenvalue weighted by molar-refractivity contribution is 5.49. The second-order valence-corrected chi connectivity index (χ2v) is 5.38. The molecule has 1 aliphatic rings. The van der Waals surface area contributed by atoms with Crippen LogP contribution < -0.4 is 5.32 Å². The second kappa shape index (κ2) is 5.71. The molecule has 5 heteroatoms. The molecule has 5 nitrogen and oxygen atoms in total. The van der Waals surface area contributed by atoms with E-state index in [9.17, 15) is 0 Å². The fourth-order valence-electron chi connectivity index (χ4n) is 2.77. The molecule has 3 rings (SSSR count). The van der Waals surface area contributed by atoms with Gasteiger partial charge in [0.1, 0.15) is 5.69 Å². The molecule has 106 valence electrons. The van der Waals surface area contributed by atoms with Crippen molar-refractivity contribution in [3.8, 4) is 11.5 Å². The quantitative estimate of drug-likeness (QED) is 0.926. The van der Waals surface area contributed by atoms with Gasteiger partial charge in [-0.15, -0.1) is 0 Å². The van der Waals surface area contributed by atoms with Crippen LogP contribution in [0.1, 0.15) is 43.5 Å². The molecule has 0 aliphatic heterocycles. The second-order valence-electron chi connectivity index (χ2n) is 5.38. The van der Waals surface area contributed by atoms with Gasteiger partial charge in [-0.3, -0.25) is 0 Å². The largest absolute Gasteiger partial charge is 0.331 e. The van der Waals surface area contributed by atoms with Crippen LogP contribution in [-0.2, 0) is 13.5 Å². The molecule has 0 fully saturated rings. The summed E-state index contributed by atoms with van der Waals surface area (Å²) < 4.78 is 1.96. The smallest absolute Gasteiger partial charge is 0.178 e. The first kappa shape index (κ1) is 13.2. The molecular formula is C15H21N5. The molecule has 2 heterocycles. The van der Waals surface area contributed by atoms with Crippen molar-refractivity contribution in [1.82, 2.24) is 24.8 Å². The number of hydrogen-bond donors (Lipinski definition) is 1. The lowest BCUT2D eigenvalue weighted by molar-refractivity contribution is 0.453. The molecule has 0 saturated carbocycles. The Kier molecular flexibility index (Phi) is 3.78. The summed E-state index contributed by atoms with van der Waals surface area (Å²) in [6.07, 6.45) is 10.2. The Labute approximate surface area is 119 Å². The molecule has 0 aromatic carbocycles. The van der Waals surface area contributed by atoms with Crippen molar-refractivity contribution in [1.29, 1.82) is 0 Å². The van der Waals surface area contributed by atoms with E-state index in [1.54, 1.807) is 6.33 Å². The lowest BCUT2D eigenvalue weighted by Crippen LogP contribution is -2.26. The van der Waals surface area contributed by atoms with E-state index >= 15 is 0 Å². The van der Waals surface area contributed by atoms with Crippen molar-refractivity contribution < 1.29 is 0 Å². The molecule has 2 aromatic heterocycles. The molecule has 0 saturated heterocycles. The summed E-state index contributed by atoms with van der Waals surface area (Å²) in [6, 6.07) is 0.416. The Morgan fingerprint density at radius 1 is 1.40 bits per heavy atom. The van der Waals surface area contributed by atoms with Gasteiger partial charge in [-0.25, -0.2) is 15.0 Å². The van der Waals surface area contributed by atoms with Crippen LogP contribution in [0.2, 0.25) is 0 Å². The lowest BCUT2D eigenvalue weighted by atomic mass is 9.92. The molecular weight excluding hydrogens is 250 g/mol. The van der Waals surface area contributed by atoms with Crippen LogP contribution in [0.3, 0.4) is 0 Å². The third-order valence-electron chi connectivity index (χ3n) is 3.87. The average Bonchev–Trinajstić information content (AvgIpc) is 2.90. The molecule has 1 N–H and O–H groups in total. The van der Waals surface area contributed by atoms with E-state index < -0.39 is 0 Å². The predicted octanol–water partition coefficient (Wildman–Crippen LogP) is 2.25. The summed E-state index contributed by atoms with van der Waals surface area (Å²) in [5, 5.41) is 3.60. The zero-order valence-corrected chi connectivity index (χ0v) is 12.1. The molecule has 1 aliphatic carbocycles. The van der Waals surface area contributed by atoms with Crippen LogP contribution >= 0.6 is 0 Å². The van der Waals surface area contributed by atoms with Gasteiger partial charge >= 0.3 is 0 Å². The van der Waals surface area contributed by atoms with Crippen molar-refractivity contribution in [3.05, 3.63) is 30.0 Å². The summed E-state index contributed by atoms with van der Waals surface area (Å²) in [6.45, 7) is 3.24. The molecule has 1 unspecified atom stereocenters. The third kappa shape index (κ3) is 2.45. The maximum Gasteiger partial charge on any atom is 0.178 e. The van der Waals surface area contributed by atoms with Crippen LogP contribution in [0, 0.1) is 0 Å². The topological polar surface area (TPSA) is 55.6 Å². The first-order valence-electron chi connectivity index (χ1n) is 7.35. The minimum absolute atomic E-state index is 0.416. The molecule has 1 atom stereocenters. The molecule has 0 bridgehead atoms. The number of rotatable bonds is 4. The SMILES string of the molecule is CCCNC1CCCc2nc(-c3cncn3C)ncc21. The number of nitrogens with zero attached hydrogens (tertiary/aromatic N) is 4. The number of fused-ring (bicyclic) bond motifs is 1. The summed E-state index contributed by atoms with van der Waals surface area (Å²) in [5.74, 6) is 0.778. The number of imidazole rings is 1. The van der Waals surface area contributed by atoms with E-state index in [0.717, 1.165) is 30.9 Å². The Morgan fingerprint density at radius 2 is 2.30 bits per heavy atom. The molecule has 0 spiro atoms. The fraction of sp³-hybridized carbons (Fsp3) is 0.533. The highest BCUT2D eigenvalue weighted by Crippen LogP contribution is 2.29. The Hall–Kier alpha value is -1.75. The van der Waals surface area contributed by atoms with Gasteiger partial charge in [0.25, 0.3) is 0 Å². The fourth-order valence-corrected chi connectivity index (χ4v) is 2.77. The third-order valence-corrected chi connectivity index (χ3v) is 3.87. The predicted molar refractivity (Wildman–Crippen MR) is 78.2 cm³/mol. The molecule has 20 heavy (non-hydrogen) atoms. The van der Waals surface area contributed by atoms with Crippen molar-refractivity contribution >= 4 is 0 Å². The van der Waals surface area contributed by atoms with Gasteiger partial charge in [0.15, 0.2) is 5.82 Å². The number of nitrogens with one attached hydrogen (secondary N) is 1. The van der Waals surface area contributed by atoms with Gasteiger partial charge in [-0.1, -0.05) is 6.92 Å². The van der Waals surface area contributed by atoms with Crippen LogP contribution in [0.15, 0.2) is 18.7 Å². The normalized spacial score (nSPS) is 18.0. The van der Waals surface area contributed by atoms with Gasteiger partial charge in [0.2, 0.25) is 0 Å². The molecule has 0 amide bonds. The summed E-state index contributed by atoms with van der Waals surface area (Å²) in [5.41, 5.74) is 3.43. The molecule has 2 aromatic rings. The van der Waals surface area contributed by atoms with Crippen LogP contribution in [-0.4, -0.2) is 26.1 Å². The minimum Gasteiger partial charge on any atom is -0.331 e. The lowest BCUT2D eigenvalue weighted by Gasteiger charge is -2.25. The monoisotopic (exact) mass is 271 g/mol. The first-order valence-corrected chi connectivity index (χ1v) is 7.35.